The van der Waals surface area contributed by atoms with E-state index in [1.165, 1.54) is 80.5 Å². The topological polar surface area (TPSA) is 12.0 Å². The third-order valence-electron chi connectivity index (χ3n) is 5.26. The van der Waals surface area contributed by atoms with Crippen molar-refractivity contribution in [1.82, 2.24) is 5.32 Å². The summed E-state index contributed by atoms with van der Waals surface area (Å²) in [7, 11) is 0. The van der Waals surface area contributed by atoms with Crippen LogP contribution in [0.1, 0.15) is 83.6 Å². The van der Waals surface area contributed by atoms with E-state index in [9.17, 15) is 0 Å². The zero-order valence-electron chi connectivity index (χ0n) is 16.4. The second kappa shape index (κ2) is 12.1. The van der Waals surface area contributed by atoms with Crippen LogP contribution < -0.4 is 5.32 Å². The van der Waals surface area contributed by atoms with Crippen LogP contribution in [0.3, 0.4) is 0 Å². The minimum Gasteiger partial charge on any atom is -0.310 e. The van der Waals surface area contributed by atoms with Gasteiger partial charge in [0.1, 0.15) is 0 Å². The Bertz CT molecular complexity index is 584. The van der Waals surface area contributed by atoms with Crippen LogP contribution in [0.4, 0.5) is 0 Å². The van der Waals surface area contributed by atoms with Gasteiger partial charge in [-0.15, -0.1) is 0 Å². The van der Waals surface area contributed by atoms with Gasteiger partial charge in [-0.25, -0.2) is 0 Å². The maximum Gasteiger partial charge on any atom is 0.0214 e. The molecule has 2 aromatic rings. The first-order valence-electron chi connectivity index (χ1n) is 10.5. The summed E-state index contributed by atoms with van der Waals surface area (Å²) in [6, 6.07) is 15.9. The molecule has 0 aliphatic carbocycles. The molecule has 2 rings (SSSR count). The Kier molecular flexibility index (Phi) is 9.66. The fourth-order valence-electron chi connectivity index (χ4n) is 3.59. The first-order valence-corrected chi connectivity index (χ1v) is 10.5. The molecular weight excluding hydrogens is 302 g/mol. The molecule has 138 valence electrons. The van der Waals surface area contributed by atoms with Crippen LogP contribution in [0.25, 0.3) is 10.8 Å². The van der Waals surface area contributed by atoms with Crippen LogP contribution in [0, 0.1) is 0 Å². The van der Waals surface area contributed by atoms with Gasteiger partial charge in [-0.2, -0.15) is 0 Å². The Morgan fingerprint density at radius 3 is 2.16 bits per heavy atom. The van der Waals surface area contributed by atoms with Crippen molar-refractivity contribution in [2.45, 2.75) is 90.6 Å². The second-order valence-electron chi connectivity index (χ2n) is 7.54. The molecule has 0 bridgehead atoms. The molecule has 2 aromatic carbocycles. The fraction of sp³-hybridized carbons (Fsp3) is 0.583. The minimum atomic E-state index is 0.600. The molecule has 0 aliphatic heterocycles. The van der Waals surface area contributed by atoms with E-state index in [-0.39, 0.29) is 0 Å². The summed E-state index contributed by atoms with van der Waals surface area (Å²) in [4.78, 5) is 0. The van der Waals surface area contributed by atoms with Crippen LogP contribution in [-0.2, 0) is 6.54 Å². The molecule has 0 saturated carbocycles. The van der Waals surface area contributed by atoms with E-state index in [1.54, 1.807) is 0 Å². The van der Waals surface area contributed by atoms with Gasteiger partial charge < -0.3 is 5.32 Å². The Morgan fingerprint density at radius 1 is 0.760 bits per heavy atom. The number of benzene rings is 2. The van der Waals surface area contributed by atoms with Crippen molar-refractivity contribution in [2.24, 2.45) is 0 Å². The third-order valence-corrected chi connectivity index (χ3v) is 5.26. The minimum absolute atomic E-state index is 0.600. The number of hydrogen-bond acceptors (Lipinski definition) is 1. The Morgan fingerprint density at radius 2 is 1.40 bits per heavy atom. The van der Waals surface area contributed by atoms with Crippen molar-refractivity contribution in [3.63, 3.8) is 0 Å². The summed E-state index contributed by atoms with van der Waals surface area (Å²) in [5, 5.41) is 6.44. The van der Waals surface area contributed by atoms with Crippen LogP contribution >= 0.6 is 0 Å². The summed E-state index contributed by atoms with van der Waals surface area (Å²) < 4.78 is 0. The quantitative estimate of drug-likeness (QED) is 0.379. The SMILES string of the molecule is CCCCCCCCCCCC(C)NCc1cccc2ccccc12. The molecule has 0 saturated heterocycles. The van der Waals surface area contributed by atoms with E-state index < -0.39 is 0 Å². The maximum absolute atomic E-state index is 3.72. The summed E-state index contributed by atoms with van der Waals surface area (Å²) in [6.07, 6.45) is 14.0. The fourth-order valence-corrected chi connectivity index (χ4v) is 3.59. The molecule has 0 fully saturated rings. The molecular formula is C24H37N. The lowest BCUT2D eigenvalue weighted by Gasteiger charge is -2.15. The van der Waals surface area contributed by atoms with E-state index in [4.69, 9.17) is 0 Å². The van der Waals surface area contributed by atoms with Crippen LogP contribution in [-0.4, -0.2) is 6.04 Å². The van der Waals surface area contributed by atoms with Gasteiger partial charge in [0.15, 0.2) is 0 Å². The van der Waals surface area contributed by atoms with Crippen molar-refractivity contribution in [3.05, 3.63) is 48.0 Å². The summed E-state index contributed by atoms with van der Waals surface area (Å²) in [5.74, 6) is 0. The van der Waals surface area contributed by atoms with E-state index in [0.29, 0.717) is 6.04 Å². The highest BCUT2D eigenvalue weighted by Crippen LogP contribution is 2.18. The van der Waals surface area contributed by atoms with E-state index in [1.807, 2.05) is 0 Å². The summed E-state index contributed by atoms with van der Waals surface area (Å²) in [6.45, 7) is 5.59. The second-order valence-corrected chi connectivity index (χ2v) is 7.54. The predicted molar refractivity (Wildman–Crippen MR) is 112 cm³/mol. The largest absolute Gasteiger partial charge is 0.310 e. The van der Waals surface area contributed by atoms with Gasteiger partial charge in [0.05, 0.1) is 0 Å². The van der Waals surface area contributed by atoms with E-state index in [0.717, 1.165) is 6.54 Å². The molecule has 1 N–H and O–H groups in total. The molecule has 1 atom stereocenters. The van der Waals surface area contributed by atoms with Crippen molar-refractivity contribution in [2.75, 3.05) is 0 Å². The molecule has 1 unspecified atom stereocenters. The van der Waals surface area contributed by atoms with E-state index in [2.05, 4.69) is 61.6 Å². The number of fused-ring (bicyclic) bond motifs is 1. The molecule has 1 heteroatoms. The first kappa shape index (κ1) is 20.0. The number of rotatable bonds is 13. The van der Waals surface area contributed by atoms with Crippen molar-refractivity contribution < 1.29 is 0 Å². The highest BCUT2D eigenvalue weighted by atomic mass is 14.9. The van der Waals surface area contributed by atoms with Crippen molar-refractivity contribution >= 4 is 10.8 Å². The smallest absolute Gasteiger partial charge is 0.0214 e. The van der Waals surface area contributed by atoms with Gasteiger partial charge in [0.25, 0.3) is 0 Å². The van der Waals surface area contributed by atoms with E-state index >= 15 is 0 Å². The molecule has 0 radical (unpaired) electrons. The van der Waals surface area contributed by atoms with Gasteiger partial charge in [-0.3, -0.25) is 0 Å². The Labute approximate surface area is 155 Å². The van der Waals surface area contributed by atoms with Gasteiger partial charge >= 0.3 is 0 Å². The lowest BCUT2D eigenvalue weighted by molar-refractivity contribution is 0.476. The number of hydrogen-bond donors (Lipinski definition) is 1. The zero-order chi connectivity index (χ0) is 17.7. The van der Waals surface area contributed by atoms with Crippen LogP contribution in [0.15, 0.2) is 42.5 Å². The Hall–Kier alpha value is -1.34. The molecule has 25 heavy (non-hydrogen) atoms. The molecule has 0 aromatic heterocycles. The van der Waals surface area contributed by atoms with Crippen LogP contribution in [0.2, 0.25) is 0 Å². The lowest BCUT2D eigenvalue weighted by atomic mass is 10.0. The predicted octanol–water partition coefficient (Wildman–Crippen LogP) is 7.24. The number of nitrogens with one attached hydrogen (secondary N) is 1. The maximum atomic E-state index is 3.72. The summed E-state index contributed by atoms with van der Waals surface area (Å²) in [5.41, 5.74) is 1.41. The van der Waals surface area contributed by atoms with Gasteiger partial charge in [-0.1, -0.05) is 107 Å². The molecule has 0 heterocycles. The lowest BCUT2D eigenvalue weighted by Crippen LogP contribution is -2.25. The standard InChI is InChI=1S/C24H37N/c1-3-4-5-6-7-8-9-10-11-15-21(2)25-20-23-18-14-17-22-16-12-13-19-24(22)23/h12-14,16-19,21,25H,3-11,15,20H2,1-2H3. The average Bonchev–Trinajstić information content (AvgIpc) is 2.65. The monoisotopic (exact) mass is 339 g/mol. The van der Waals surface area contributed by atoms with Crippen molar-refractivity contribution in [3.8, 4) is 0 Å². The first-order chi connectivity index (χ1) is 12.3. The molecule has 0 spiro atoms. The van der Waals surface area contributed by atoms with Gasteiger partial charge in [-0.05, 0) is 29.7 Å². The zero-order valence-corrected chi connectivity index (χ0v) is 16.4. The Balaban J connectivity index is 1.57. The molecule has 0 aliphatic rings. The van der Waals surface area contributed by atoms with Gasteiger partial charge in [0, 0.05) is 12.6 Å². The van der Waals surface area contributed by atoms with Gasteiger partial charge in [0.2, 0.25) is 0 Å². The molecule has 1 nitrogen and oxygen atoms in total. The van der Waals surface area contributed by atoms with Crippen molar-refractivity contribution in [1.29, 1.82) is 0 Å². The average molecular weight is 340 g/mol. The molecule has 0 amide bonds. The normalized spacial score (nSPS) is 12.6. The third kappa shape index (κ3) is 7.61. The highest BCUT2D eigenvalue weighted by molar-refractivity contribution is 5.85. The number of unbranched alkanes of at least 4 members (excludes halogenated alkanes) is 8. The highest BCUT2D eigenvalue weighted by Gasteiger charge is 2.04. The van der Waals surface area contributed by atoms with Crippen LogP contribution in [0.5, 0.6) is 0 Å². The summed E-state index contributed by atoms with van der Waals surface area (Å²) >= 11 is 0.